The van der Waals surface area contributed by atoms with E-state index in [1.807, 2.05) is 13.0 Å². The third-order valence-electron chi connectivity index (χ3n) is 1.81. The number of aryl methyl sites for hydroxylation is 1. The standard InChI is InChI=1S/C8H12N2O3S.K/c1-2-7-4-3-5-8(6-7)10(9)14(11,12)13;/h3-6H,2,9H2,1H3,(H,11,12,13);/q;+1/p-1. The molecule has 2 N–H and O–H groups in total. The molecule has 0 bridgehead atoms. The molecule has 0 fully saturated rings. The van der Waals surface area contributed by atoms with E-state index in [0.29, 0.717) is 0 Å². The van der Waals surface area contributed by atoms with E-state index in [2.05, 4.69) is 0 Å². The zero-order valence-electron chi connectivity index (χ0n) is 8.67. The molecule has 1 aromatic carbocycles. The van der Waals surface area contributed by atoms with Crippen molar-refractivity contribution in [3.05, 3.63) is 29.8 Å². The van der Waals surface area contributed by atoms with Gasteiger partial charge >= 0.3 is 51.4 Å². The van der Waals surface area contributed by atoms with Crippen LogP contribution in [0.2, 0.25) is 0 Å². The molecule has 0 unspecified atom stereocenters. The molecular weight excluding hydrogens is 243 g/mol. The molecule has 1 aromatic rings. The van der Waals surface area contributed by atoms with E-state index >= 15 is 0 Å². The maximum Gasteiger partial charge on any atom is 1.00 e. The van der Waals surface area contributed by atoms with Crippen LogP contribution in [0.25, 0.3) is 0 Å². The van der Waals surface area contributed by atoms with Crippen LogP contribution >= 0.6 is 0 Å². The minimum atomic E-state index is -4.62. The van der Waals surface area contributed by atoms with Gasteiger partial charge in [-0.3, -0.25) is 0 Å². The van der Waals surface area contributed by atoms with Gasteiger partial charge in [-0.25, -0.2) is 18.7 Å². The van der Waals surface area contributed by atoms with Crippen LogP contribution < -0.4 is 61.6 Å². The van der Waals surface area contributed by atoms with Crippen molar-refractivity contribution in [2.75, 3.05) is 4.41 Å². The smallest absolute Gasteiger partial charge is 0.730 e. The van der Waals surface area contributed by atoms with Crippen molar-refractivity contribution in [1.82, 2.24) is 0 Å². The van der Waals surface area contributed by atoms with Gasteiger partial charge in [0.15, 0.2) is 10.3 Å². The number of rotatable bonds is 3. The van der Waals surface area contributed by atoms with Crippen LogP contribution in [-0.2, 0) is 16.7 Å². The van der Waals surface area contributed by atoms with Crippen LogP contribution in [0.15, 0.2) is 24.3 Å². The summed E-state index contributed by atoms with van der Waals surface area (Å²) in [6, 6.07) is 6.51. The van der Waals surface area contributed by atoms with Gasteiger partial charge in [-0.15, -0.1) is 0 Å². The molecule has 0 aliphatic carbocycles. The molecule has 0 saturated heterocycles. The molecule has 0 aliphatic rings. The number of benzene rings is 1. The van der Waals surface area contributed by atoms with Gasteiger partial charge in [0.1, 0.15) is 0 Å². The second-order valence-corrected chi connectivity index (χ2v) is 4.03. The molecule has 0 radical (unpaired) electrons. The Balaban J connectivity index is 0.00000196. The van der Waals surface area contributed by atoms with Crippen molar-refractivity contribution in [2.45, 2.75) is 13.3 Å². The minimum Gasteiger partial charge on any atom is -0.730 e. The van der Waals surface area contributed by atoms with Crippen LogP contribution in [0.1, 0.15) is 12.5 Å². The van der Waals surface area contributed by atoms with Crippen molar-refractivity contribution >= 4 is 16.0 Å². The molecule has 0 aromatic heterocycles. The second kappa shape index (κ2) is 6.31. The third kappa shape index (κ3) is 4.49. The van der Waals surface area contributed by atoms with Gasteiger partial charge < -0.3 is 4.55 Å². The Hall–Kier alpha value is 0.526. The van der Waals surface area contributed by atoms with Crippen LogP contribution in [0, 0.1) is 0 Å². The molecular formula is C8H11KN2O3S. The molecule has 0 amide bonds. The first-order chi connectivity index (χ1) is 6.45. The number of anilines is 1. The molecule has 5 nitrogen and oxygen atoms in total. The quantitative estimate of drug-likeness (QED) is 0.277. The molecule has 0 atom stereocenters. The number of nitrogens with zero attached hydrogens (tertiary/aromatic N) is 1. The normalized spacial score (nSPS) is 10.6. The van der Waals surface area contributed by atoms with Crippen LogP contribution in [0.3, 0.4) is 0 Å². The SMILES string of the molecule is CCc1cccc(N(N)S(=O)(=O)[O-])c1.[K+]. The van der Waals surface area contributed by atoms with Crippen molar-refractivity contribution in [3.8, 4) is 0 Å². The van der Waals surface area contributed by atoms with Crippen molar-refractivity contribution in [1.29, 1.82) is 0 Å². The van der Waals surface area contributed by atoms with Gasteiger partial charge in [-0.1, -0.05) is 19.1 Å². The van der Waals surface area contributed by atoms with E-state index in [1.165, 1.54) is 6.07 Å². The van der Waals surface area contributed by atoms with E-state index in [-0.39, 0.29) is 61.5 Å². The predicted octanol–water partition coefficient (Wildman–Crippen LogP) is -2.61. The second-order valence-electron chi connectivity index (χ2n) is 2.78. The topological polar surface area (TPSA) is 86.5 Å². The summed E-state index contributed by atoms with van der Waals surface area (Å²) in [5.41, 5.74) is 1.10. The number of hydrogen-bond acceptors (Lipinski definition) is 4. The van der Waals surface area contributed by atoms with Crippen molar-refractivity contribution in [3.63, 3.8) is 0 Å². The molecule has 7 heteroatoms. The summed E-state index contributed by atoms with van der Waals surface area (Å²) < 4.78 is 32.0. The molecule has 0 aliphatic heterocycles. The summed E-state index contributed by atoms with van der Waals surface area (Å²) in [7, 11) is -4.62. The Kier molecular flexibility index (Phi) is 6.53. The Morgan fingerprint density at radius 2 is 2.07 bits per heavy atom. The average molecular weight is 254 g/mol. The Morgan fingerprint density at radius 3 is 2.53 bits per heavy atom. The summed E-state index contributed by atoms with van der Waals surface area (Å²) in [6.45, 7) is 1.92. The summed E-state index contributed by atoms with van der Waals surface area (Å²) in [4.78, 5) is 0. The van der Waals surface area contributed by atoms with Crippen molar-refractivity contribution in [2.24, 2.45) is 5.84 Å². The first-order valence-corrected chi connectivity index (χ1v) is 5.41. The zero-order chi connectivity index (χ0) is 10.8. The summed E-state index contributed by atoms with van der Waals surface area (Å²) >= 11 is 0. The molecule has 0 spiro atoms. The fraction of sp³-hybridized carbons (Fsp3) is 0.250. The predicted molar refractivity (Wildman–Crippen MR) is 52.2 cm³/mol. The first-order valence-electron chi connectivity index (χ1n) is 4.05. The number of hydrazine groups is 1. The van der Waals surface area contributed by atoms with Crippen LogP contribution in [0.5, 0.6) is 0 Å². The van der Waals surface area contributed by atoms with E-state index < -0.39 is 10.3 Å². The minimum absolute atomic E-state index is 0. The fourth-order valence-electron chi connectivity index (χ4n) is 1.04. The molecule has 78 valence electrons. The number of hydrogen-bond donors (Lipinski definition) is 1. The van der Waals surface area contributed by atoms with E-state index in [1.54, 1.807) is 12.1 Å². The summed E-state index contributed by atoms with van der Waals surface area (Å²) in [5, 5.41) is 0. The van der Waals surface area contributed by atoms with Gasteiger partial charge in [0.05, 0.1) is 5.69 Å². The average Bonchev–Trinajstić information content (AvgIpc) is 2.15. The molecule has 0 heterocycles. The van der Waals surface area contributed by atoms with Gasteiger partial charge in [0, 0.05) is 0 Å². The number of nitrogens with two attached hydrogens (primary N) is 1. The van der Waals surface area contributed by atoms with Crippen molar-refractivity contribution < 1.29 is 64.4 Å². The molecule has 0 saturated carbocycles. The largest absolute Gasteiger partial charge is 1.00 e. The Labute approximate surface area is 132 Å². The van der Waals surface area contributed by atoms with Gasteiger partial charge in [0.2, 0.25) is 0 Å². The summed E-state index contributed by atoms with van der Waals surface area (Å²) in [6.07, 6.45) is 0.751. The van der Waals surface area contributed by atoms with Crippen LogP contribution in [-0.4, -0.2) is 13.0 Å². The van der Waals surface area contributed by atoms with Crippen LogP contribution in [0.4, 0.5) is 5.69 Å². The van der Waals surface area contributed by atoms with E-state index in [9.17, 15) is 13.0 Å². The molecule has 1 rings (SSSR count). The van der Waals surface area contributed by atoms with Gasteiger partial charge in [0.25, 0.3) is 0 Å². The summed E-state index contributed by atoms with van der Waals surface area (Å²) in [5.74, 6) is 5.13. The third-order valence-corrected chi connectivity index (χ3v) is 2.51. The Morgan fingerprint density at radius 1 is 1.47 bits per heavy atom. The van der Waals surface area contributed by atoms with Gasteiger partial charge in [-0.05, 0) is 24.1 Å². The maximum atomic E-state index is 10.6. The zero-order valence-corrected chi connectivity index (χ0v) is 12.6. The monoisotopic (exact) mass is 254 g/mol. The fourth-order valence-corrected chi connectivity index (χ4v) is 1.41. The van der Waals surface area contributed by atoms with E-state index in [0.717, 1.165) is 12.0 Å². The first kappa shape index (κ1) is 15.5. The molecule has 15 heavy (non-hydrogen) atoms. The van der Waals surface area contributed by atoms with Gasteiger partial charge in [-0.2, -0.15) is 0 Å². The maximum absolute atomic E-state index is 10.6. The van der Waals surface area contributed by atoms with E-state index in [4.69, 9.17) is 5.84 Å². The Bertz CT molecular complexity index is 422.